The first kappa shape index (κ1) is 22.6. The topological polar surface area (TPSA) is 58.2 Å². The van der Waals surface area contributed by atoms with Crippen LogP contribution in [0, 0.1) is 11.8 Å². The molecule has 0 bridgehead atoms. The van der Waals surface area contributed by atoms with Crippen molar-refractivity contribution in [3.05, 3.63) is 77.9 Å². The van der Waals surface area contributed by atoms with Gasteiger partial charge in [-0.15, -0.1) is 0 Å². The Morgan fingerprint density at radius 2 is 1.42 bits per heavy atom. The quantitative estimate of drug-likeness (QED) is 0.515. The molecule has 1 atom stereocenters. The van der Waals surface area contributed by atoms with Crippen LogP contribution in [0.2, 0.25) is 0 Å². The summed E-state index contributed by atoms with van der Waals surface area (Å²) >= 11 is 0. The summed E-state index contributed by atoms with van der Waals surface area (Å²) in [6, 6.07) is 22.1. The van der Waals surface area contributed by atoms with Crippen molar-refractivity contribution in [1.82, 2.24) is 10.0 Å². The maximum absolute atomic E-state index is 12.9. The molecule has 0 spiro atoms. The summed E-state index contributed by atoms with van der Waals surface area (Å²) in [5.74, 6) is 1.37. The molecule has 1 unspecified atom stereocenters. The summed E-state index contributed by atoms with van der Waals surface area (Å²) < 4.78 is 28.8. The van der Waals surface area contributed by atoms with E-state index < -0.39 is 10.0 Å². The minimum atomic E-state index is -3.49. The molecule has 2 aliphatic rings. The largest absolute Gasteiger partial charge is 0.316 e. The minimum Gasteiger partial charge on any atom is -0.316 e. The van der Waals surface area contributed by atoms with E-state index in [-0.39, 0.29) is 6.04 Å². The number of rotatable bonds is 7. The number of hydrogen-bond donors (Lipinski definition) is 2. The first-order valence-electron chi connectivity index (χ1n) is 12.4. The Morgan fingerprint density at radius 3 is 2.24 bits per heavy atom. The molecule has 174 valence electrons. The van der Waals surface area contributed by atoms with Crippen molar-refractivity contribution in [2.45, 2.75) is 55.9 Å². The standard InChI is InChI=1S/C28H34N2O2S/c31-33(32,28-16-13-24-6-2-4-8-26(24)18-28)30-27-14-10-21(11-15-27)19-29-20-22-9-12-23-5-1-3-7-25(23)17-22/h1-8,13,16,18,21-22,27,29-30H,9-12,14-15,17,19-20H2. The van der Waals surface area contributed by atoms with Crippen LogP contribution in [0.15, 0.2) is 71.6 Å². The summed E-state index contributed by atoms with van der Waals surface area (Å²) in [5.41, 5.74) is 3.05. The zero-order valence-electron chi connectivity index (χ0n) is 19.2. The number of hydrogen-bond acceptors (Lipinski definition) is 3. The molecule has 0 heterocycles. The molecule has 3 aromatic rings. The second-order valence-corrected chi connectivity index (χ2v) is 11.6. The highest BCUT2D eigenvalue weighted by molar-refractivity contribution is 7.89. The first-order chi connectivity index (χ1) is 16.1. The van der Waals surface area contributed by atoms with Crippen molar-refractivity contribution in [2.24, 2.45) is 11.8 Å². The molecule has 1 fully saturated rings. The average molecular weight is 463 g/mol. The van der Waals surface area contributed by atoms with Crippen molar-refractivity contribution >= 4 is 20.8 Å². The van der Waals surface area contributed by atoms with Gasteiger partial charge >= 0.3 is 0 Å². The number of sulfonamides is 1. The molecule has 0 saturated heterocycles. The molecule has 5 rings (SSSR count). The van der Waals surface area contributed by atoms with E-state index in [9.17, 15) is 8.42 Å². The van der Waals surface area contributed by atoms with E-state index in [1.807, 2.05) is 30.3 Å². The van der Waals surface area contributed by atoms with E-state index in [1.54, 1.807) is 12.1 Å². The fourth-order valence-electron chi connectivity index (χ4n) is 5.55. The third-order valence-electron chi connectivity index (χ3n) is 7.51. The SMILES string of the molecule is O=S(=O)(NC1CCC(CNCC2CCc3ccccc3C2)CC1)c1ccc2ccccc2c1. The molecule has 1 saturated carbocycles. The van der Waals surface area contributed by atoms with Crippen molar-refractivity contribution in [2.75, 3.05) is 13.1 Å². The van der Waals surface area contributed by atoms with Gasteiger partial charge in [-0.25, -0.2) is 13.1 Å². The second-order valence-electron chi connectivity index (χ2n) is 9.88. The third kappa shape index (κ3) is 5.48. The van der Waals surface area contributed by atoms with E-state index >= 15 is 0 Å². The number of nitrogens with one attached hydrogen (secondary N) is 2. The summed E-state index contributed by atoms with van der Waals surface area (Å²) in [4.78, 5) is 0.360. The Morgan fingerprint density at radius 1 is 0.727 bits per heavy atom. The Balaban J connectivity index is 1.07. The maximum atomic E-state index is 12.9. The molecule has 2 aliphatic carbocycles. The van der Waals surface area contributed by atoms with Gasteiger partial charge in [0.1, 0.15) is 0 Å². The fourth-order valence-corrected chi connectivity index (χ4v) is 6.89. The highest BCUT2D eigenvalue weighted by atomic mass is 32.2. The van der Waals surface area contributed by atoms with Gasteiger partial charge in [0.25, 0.3) is 0 Å². The fraction of sp³-hybridized carbons (Fsp3) is 0.429. The van der Waals surface area contributed by atoms with Gasteiger partial charge in [-0.1, -0.05) is 54.6 Å². The van der Waals surface area contributed by atoms with Crippen LogP contribution in [-0.2, 0) is 22.9 Å². The lowest BCUT2D eigenvalue weighted by Gasteiger charge is -2.30. The summed E-state index contributed by atoms with van der Waals surface area (Å²) in [6.45, 7) is 2.13. The average Bonchev–Trinajstić information content (AvgIpc) is 2.84. The van der Waals surface area contributed by atoms with Crippen LogP contribution < -0.4 is 10.0 Å². The monoisotopic (exact) mass is 462 g/mol. The van der Waals surface area contributed by atoms with E-state index in [2.05, 4.69) is 34.3 Å². The molecular weight excluding hydrogens is 428 g/mol. The van der Waals surface area contributed by atoms with Crippen LogP contribution in [0.4, 0.5) is 0 Å². The summed E-state index contributed by atoms with van der Waals surface area (Å²) in [6.07, 6.45) is 7.63. The highest BCUT2D eigenvalue weighted by Gasteiger charge is 2.26. The number of benzene rings is 3. The number of aryl methyl sites for hydroxylation is 1. The Bertz CT molecular complexity index is 1200. The number of fused-ring (bicyclic) bond motifs is 2. The van der Waals surface area contributed by atoms with Crippen LogP contribution in [0.1, 0.15) is 43.2 Å². The van der Waals surface area contributed by atoms with Crippen molar-refractivity contribution < 1.29 is 8.42 Å². The molecular formula is C28H34N2O2S. The Hall–Kier alpha value is -2.21. The molecule has 4 nitrogen and oxygen atoms in total. The summed E-state index contributed by atoms with van der Waals surface area (Å²) in [5, 5.41) is 5.74. The van der Waals surface area contributed by atoms with Crippen LogP contribution in [0.25, 0.3) is 10.8 Å². The smallest absolute Gasteiger partial charge is 0.240 e. The second kappa shape index (κ2) is 9.96. The van der Waals surface area contributed by atoms with E-state index in [1.165, 1.54) is 30.4 Å². The highest BCUT2D eigenvalue weighted by Crippen LogP contribution is 2.27. The molecule has 2 N–H and O–H groups in total. The van der Waals surface area contributed by atoms with Crippen molar-refractivity contribution in [3.8, 4) is 0 Å². The maximum Gasteiger partial charge on any atom is 0.240 e. The molecule has 33 heavy (non-hydrogen) atoms. The van der Waals surface area contributed by atoms with Gasteiger partial charge in [0.05, 0.1) is 4.90 Å². The summed E-state index contributed by atoms with van der Waals surface area (Å²) in [7, 11) is -3.49. The molecule has 3 aromatic carbocycles. The normalized spacial score (nSPS) is 23.3. The van der Waals surface area contributed by atoms with Gasteiger partial charge in [-0.05, 0) is 104 Å². The molecule has 0 aromatic heterocycles. The van der Waals surface area contributed by atoms with Gasteiger partial charge < -0.3 is 5.32 Å². The van der Waals surface area contributed by atoms with Crippen LogP contribution in [0.3, 0.4) is 0 Å². The molecule has 0 aliphatic heterocycles. The van der Waals surface area contributed by atoms with Gasteiger partial charge in [0.2, 0.25) is 10.0 Å². The minimum absolute atomic E-state index is 0.0348. The lowest BCUT2D eigenvalue weighted by Crippen LogP contribution is -2.39. The zero-order valence-corrected chi connectivity index (χ0v) is 20.0. The van der Waals surface area contributed by atoms with E-state index in [0.29, 0.717) is 10.8 Å². The Kier molecular flexibility index (Phi) is 6.81. The van der Waals surface area contributed by atoms with Gasteiger partial charge in [-0.2, -0.15) is 0 Å². The Labute approximate surface area is 197 Å². The predicted molar refractivity (Wildman–Crippen MR) is 135 cm³/mol. The lowest BCUT2D eigenvalue weighted by molar-refractivity contribution is 0.294. The van der Waals surface area contributed by atoms with Gasteiger partial charge in [0.15, 0.2) is 0 Å². The van der Waals surface area contributed by atoms with E-state index in [4.69, 9.17) is 0 Å². The van der Waals surface area contributed by atoms with Crippen LogP contribution in [-0.4, -0.2) is 27.5 Å². The van der Waals surface area contributed by atoms with Gasteiger partial charge in [0, 0.05) is 6.04 Å². The van der Waals surface area contributed by atoms with Crippen molar-refractivity contribution in [3.63, 3.8) is 0 Å². The zero-order chi connectivity index (χ0) is 22.7. The van der Waals surface area contributed by atoms with Gasteiger partial charge in [-0.3, -0.25) is 0 Å². The van der Waals surface area contributed by atoms with Crippen molar-refractivity contribution in [1.29, 1.82) is 0 Å². The predicted octanol–water partition coefficient (Wildman–Crippen LogP) is 5.07. The molecule has 0 radical (unpaired) electrons. The molecule has 0 amide bonds. The third-order valence-corrected chi connectivity index (χ3v) is 9.03. The lowest BCUT2D eigenvalue weighted by atomic mass is 9.83. The van der Waals surface area contributed by atoms with Crippen LogP contribution >= 0.6 is 0 Å². The first-order valence-corrected chi connectivity index (χ1v) is 13.8. The van der Waals surface area contributed by atoms with Crippen LogP contribution in [0.5, 0.6) is 0 Å². The van der Waals surface area contributed by atoms with E-state index in [0.717, 1.165) is 55.5 Å². The molecule has 5 heteroatoms.